The number of likely N-dealkylation sites (N-methyl/N-ethyl adjacent to an activating group) is 1. The Kier molecular flexibility index (Phi) is 9.61. The standard InChI is InChI=1S/C22H29N3O2.C6H8N2O2/c1-22(2,3)18-7-9-19(10-8-18)25(4)20(17-6-5-11-23-13-17)21(26)24-12-16-14-27-15-16;7-4-8-2-6(10)1-5(8)3-9/h5-11,13,16,20H,12,14-15H2,1-4H3,(H,24,26);3,5-6,10H,1-2H2. The zero-order valence-corrected chi connectivity index (χ0v) is 22.0. The van der Waals surface area contributed by atoms with E-state index in [2.05, 4.69) is 55.3 Å². The lowest BCUT2D eigenvalue weighted by atomic mass is 9.87. The van der Waals surface area contributed by atoms with E-state index in [0.717, 1.165) is 24.5 Å². The molecule has 1 aromatic heterocycles. The molecule has 3 heterocycles. The van der Waals surface area contributed by atoms with Crippen molar-refractivity contribution < 1.29 is 19.4 Å². The van der Waals surface area contributed by atoms with Gasteiger partial charge in [0.1, 0.15) is 12.3 Å². The zero-order valence-electron chi connectivity index (χ0n) is 22.0. The van der Waals surface area contributed by atoms with Gasteiger partial charge in [0, 0.05) is 49.6 Å². The van der Waals surface area contributed by atoms with Gasteiger partial charge in [0.05, 0.1) is 31.9 Å². The van der Waals surface area contributed by atoms with Crippen LogP contribution < -0.4 is 10.2 Å². The maximum Gasteiger partial charge on any atom is 0.247 e. The van der Waals surface area contributed by atoms with Gasteiger partial charge in [0.15, 0.2) is 6.19 Å². The SMILES string of the molecule is CN(c1ccc(C(C)(C)C)cc1)C(C(=O)NCC1COC1)c1cccnc1.N#CN1CC(O)CC1C=O. The van der Waals surface area contributed by atoms with Crippen LogP contribution in [0.3, 0.4) is 0 Å². The molecule has 198 valence electrons. The molecule has 2 aromatic rings. The zero-order chi connectivity index (χ0) is 27.0. The first kappa shape index (κ1) is 28.1. The van der Waals surface area contributed by atoms with Crippen molar-refractivity contribution in [3.05, 3.63) is 59.9 Å². The number of nitrogens with zero attached hydrogens (tertiary/aromatic N) is 4. The van der Waals surface area contributed by atoms with E-state index >= 15 is 0 Å². The van der Waals surface area contributed by atoms with Crippen molar-refractivity contribution in [1.82, 2.24) is 15.2 Å². The van der Waals surface area contributed by atoms with E-state index in [0.29, 0.717) is 31.7 Å². The third-order valence-corrected chi connectivity index (χ3v) is 6.66. The number of benzene rings is 1. The lowest BCUT2D eigenvalue weighted by molar-refractivity contribution is -0.123. The minimum Gasteiger partial charge on any atom is -0.391 e. The maximum atomic E-state index is 13.0. The number of ether oxygens (including phenoxy) is 1. The van der Waals surface area contributed by atoms with E-state index in [1.807, 2.05) is 30.3 Å². The number of carbonyl (C=O) groups excluding carboxylic acids is 2. The Morgan fingerprint density at radius 2 is 2.03 bits per heavy atom. The second-order valence-electron chi connectivity index (χ2n) is 10.6. The summed E-state index contributed by atoms with van der Waals surface area (Å²) in [5, 5.41) is 20.5. The number of aliphatic hydroxyl groups excluding tert-OH is 1. The third-order valence-electron chi connectivity index (χ3n) is 6.66. The van der Waals surface area contributed by atoms with Gasteiger partial charge >= 0.3 is 0 Å². The smallest absolute Gasteiger partial charge is 0.247 e. The van der Waals surface area contributed by atoms with Crippen LogP contribution in [0.1, 0.15) is 44.4 Å². The van der Waals surface area contributed by atoms with Crippen LogP contribution in [-0.4, -0.2) is 72.7 Å². The molecule has 9 heteroatoms. The Bertz CT molecular complexity index is 1060. The first-order chi connectivity index (χ1) is 17.6. The number of hydrogen-bond acceptors (Lipinski definition) is 8. The number of amides is 1. The first-order valence-corrected chi connectivity index (χ1v) is 12.5. The molecule has 0 aliphatic carbocycles. The number of anilines is 1. The van der Waals surface area contributed by atoms with E-state index in [-0.39, 0.29) is 11.3 Å². The van der Waals surface area contributed by atoms with Crippen molar-refractivity contribution in [3.8, 4) is 6.19 Å². The van der Waals surface area contributed by atoms with Crippen molar-refractivity contribution in [1.29, 1.82) is 5.26 Å². The third kappa shape index (κ3) is 7.51. The molecule has 9 nitrogen and oxygen atoms in total. The number of nitrogens with one attached hydrogen (secondary N) is 1. The number of pyridine rings is 1. The minimum absolute atomic E-state index is 0.0164. The van der Waals surface area contributed by atoms with E-state index < -0.39 is 18.2 Å². The number of aromatic nitrogens is 1. The molecule has 4 rings (SSSR count). The number of aliphatic hydroxyl groups is 1. The van der Waals surface area contributed by atoms with Gasteiger partial charge in [-0.1, -0.05) is 39.0 Å². The van der Waals surface area contributed by atoms with Gasteiger partial charge in [-0.05, 0) is 29.2 Å². The summed E-state index contributed by atoms with van der Waals surface area (Å²) < 4.78 is 5.20. The van der Waals surface area contributed by atoms with Crippen LogP contribution in [0.15, 0.2) is 48.8 Å². The Balaban J connectivity index is 0.000000319. The van der Waals surface area contributed by atoms with Gasteiger partial charge in [-0.15, -0.1) is 0 Å². The fraction of sp³-hybridized carbons (Fsp3) is 0.500. The highest BCUT2D eigenvalue weighted by Gasteiger charge is 2.30. The molecule has 0 spiro atoms. The Morgan fingerprint density at radius 3 is 2.51 bits per heavy atom. The number of nitriles is 1. The highest BCUT2D eigenvalue weighted by molar-refractivity contribution is 5.86. The summed E-state index contributed by atoms with van der Waals surface area (Å²) in [5.74, 6) is 0.400. The van der Waals surface area contributed by atoms with Crippen LogP contribution in [-0.2, 0) is 19.7 Å². The maximum absolute atomic E-state index is 13.0. The Morgan fingerprint density at radius 1 is 1.32 bits per heavy atom. The normalized spacial score (nSPS) is 20.1. The van der Waals surface area contributed by atoms with Crippen LogP contribution in [0.4, 0.5) is 5.69 Å². The molecule has 2 N–H and O–H groups in total. The lowest BCUT2D eigenvalue weighted by Crippen LogP contribution is -2.44. The topological polar surface area (TPSA) is 119 Å². The highest BCUT2D eigenvalue weighted by atomic mass is 16.5. The van der Waals surface area contributed by atoms with Crippen LogP contribution >= 0.6 is 0 Å². The van der Waals surface area contributed by atoms with Gasteiger partial charge in [0.2, 0.25) is 5.91 Å². The van der Waals surface area contributed by atoms with Gasteiger partial charge in [0.25, 0.3) is 0 Å². The van der Waals surface area contributed by atoms with E-state index in [4.69, 9.17) is 15.1 Å². The Labute approximate surface area is 219 Å². The molecule has 1 aromatic carbocycles. The number of carbonyl (C=O) groups is 2. The molecule has 1 amide bonds. The van der Waals surface area contributed by atoms with Crippen LogP contribution in [0.2, 0.25) is 0 Å². The highest BCUT2D eigenvalue weighted by Crippen LogP contribution is 2.29. The van der Waals surface area contributed by atoms with Gasteiger partial charge in [-0.25, -0.2) is 0 Å². The van der Waals surface area contributed by atoms with Gasteiger partial charge < -0.3 is 24.9 Å². The summed E-state index contributed by atoms with van der Waals surface area (Å²) in [6.07, 6.45) is 5.88. The molecule has 2 aliphatic rings. The molecule has 37 heavy (non-hydrogen) atoms. The summed E-state index contributed by atoms with van der Waals surface area (Å²) in [6.45, 7) is 8.97. The largest absolute Gasteiger partial charge is 0.391 e. The van der Waals surface area contributed by atoms with Crippen LogP contribution in [0, 0.1) is 17.4 Å². The predicted molar refractivity (Wildman–Crippen MR) is 141 cm³/mol. The quantitative estimate of drug-likeness (QED) is 0.433. The second-order valence-corrected chi connectivity index (χ2v) is 10.6. The number of aldehydes is 1. The summed E-state index contributed by atoms with van der Waals surface area (Å²) in [4.78, 5) is 30.7. The van der Waals surface area contributed by atoms with E-state index in [1.165, 1.54) is 10.5 Å². The first-order valence-electron chi connectivity index (χ1n) is 12.5. The molecule has 3 unspecified atom stereocenters. The molecular formula is C28H37N5O4. The molecule has 2 fully saturated rings. The summed E-state index contributed by atoms with van der Waals surface area (Å²) in [5.41, 5.74) is 3.25. The number of likely N-dealkylation sites (tertiary alicyclic amines) is 1. The molecule has 2 aliphatic heterocycles. The fourth-order valence-corrected chi connectivity index (χ4v) is 4.27. The van der Waals surface area contributed by atoms with Crippen LogP contribution in [0.25, 0.3) is 0 Å². The summed E-state index contributed by atoms with van der Waals surface area (Å²) >= 11 is 0. The van der Waals surface area contributed by atoms with Crippen molar-refractivity contribution in [2.24, 2.45) is 5.92 Å². The fourth-order valence-electron chi connectivity index (χ4n) is 4.27. The van der Waals surface area contributed by atoms with Gasteiger partial charge in [-0.3, -0.25) is 14.7 Å². The molecular weight excluding hydrogens is 470 g/mol. The van der Waals surface area contributed by atoms with E-state index in [1.54, 1.807) is 12.4 Å². The molecule has 0 bridgehead atoms. The van der Waals surface area contributed by atoms with Gasteiger partial charge in [-0.2, -0.15) is 5.26 Å². The predicted octanol–water partition coefficient (Wildman–Crippen LogP) is 2.42. The van der Waals surface area contributed by atoms with Crippen molar-refractivity contribution in [2.75, 3.05) is 38.3 Å². The average Bonchev–Trinajstić information content (AvgIpc) is 3.23. The monoisotopic (exact) mass is 507 g/mol. The van der Waals surface area contributed by atoms with Crippen LogP contribution in [0.5, 0.6) is 0 Å². The number of rotatable bonds is 7. The molecule has 3 atom stereocenters. The van der Waals surface area contributed by atoms with Crippen molar-refractivity contribution in [2.45, 2.75) is 50.8 Å². The second kappa shape index (κ2) is 12.7. The molecule has 0 saturated carbocycles. The molecule has 0 radical (unpaired) electrons. The Hall–Kier alpha value is -3.48. The lowest BCUT2D eigenvalue weighted by Gasteiger charge is -2.31. The van der Waals surface area contributed by atoms with Crippen molar-refractivity contribution in [3.63, 3.8) is 0 Å². The average molecular weight is 508 g/mol. The van der Waals surface area contributed by atoms with E-state index in [9.17, 15) is 9.59 Å². The summed E-state index contributed by atoms with van der Waals surface area (Å²) in [6, 6.07) is 11.4. The molecule has 2 saturated heterocycles. The number of hydrogen-bond donors (Lipinski definition) is 2. The summed E-state index contributed by atoms with van der Waals surface area (Å²) in [7, 11) is 1.95. The number of β-amino-alcohol motifs (C(OH)–C–C–N with tert-alkyl or cyclic N) is 1. The van der Waals surface area contributed by atoms with Crippen molar-refractivity contribution >= 4 is 17.9 Å². The minimum atomic E-state index is -0.519.